The highest BCUT2D eigenvalue weighted by atomic mass is 16.7. The van der Waals surface area contributed by atoms with Crippen molar-refractivity contribution in [2.75, 3.05) is 14.2 Å². The highest BCUT2D eigenvalue weighted by Gasteiger charge is 2.60. The molecule has 3 aromatic rings. The van der Waals surface area contributed by atoms with E-state index in [9.17, 15) is 0 Å². The lowest BCUT2D eigenvalue weighted by Crippen LogP contribution is -2.61. The molecule has 0 radical (unpaired) electrons. The molecule has 33 heavy (non-hydrogen) atoms. The molecule has 0 aromatic heterocycles. The highest BCUT2D eigenvalue weighted by molar-refractivity contribution is 5.43. The van der Waals surface area contributed by atoms with Gasteiger partial charge in [-0.2, -0.15) is 0 Å². The van der Waals surface area contributed by atoms with E-state index in [1.165, 1.54) is 16.7 Å². The molecule has 1 heterocycles. The summed E-state index contributed by atoms with van der Waals surface area (Å²) < 4.78 is 25.6. The molecule has 2 fully saturated rings. The Hall–Kier alpha value is -2.50. The van der Waals surface area contributed by atoms with E-state index in [4.69, 9.17) is 18.9 Å². The number of benzene rings is 3. The van der Waals surface area contributed by atoms with Gasteiger partial charge in [0.25, 0.3) is 0 Å². The third-order valence-corrected chi connectivity index (χ3v) is 7.83. The molecule has 2 aliphatic carbocycles. The molecule has 3 aliphatic rings. The summed E-state index contributed by atoms with van der Waals surface area (Å²) in [5.74, 6) is 0.695. The van der Waals surface area contributed by atoms with Crippen LogP contribution in [0.4, 0.5) is 0 Å². The largest absolute Gasteiger partial charge is 0.378 e. The van der Waals surface area contributed by atoms with Gasteiger partial charge < -0.3 is 18.9 Å². The van der Waals surface area contributed by atoms with E-state index in [0.29, 0.717) is 0 Å². The Morgan fingerprint density at radius 2 is 1.24 bits per heavy atom. The van der Waals surface area contributed by atoms with Crippen LogP contribution in [0.15, 0.2) is 84.9 Å². The number of rotatable bonds is 4. The summed E-state index contributed by atoms with van der Waals surface area (Å²) in [7, 11) is 3.62. The Morgan fingerprint density at radius 1 is 0.667 bits per heavy atom. The molecule has 3 aromatic carbocycles. The maximum atomic E-state index is 6.58. The van der Waals surface area contributed by atoms with Gasteiger partial charge in [0.1, 0.15) is 12.2 Å². The van der Waals surface area contributed by atoms with E-state index >= 15 is 0 Å². The van der Waals surface area contributed by atoms with Gasteiger partial charge in [-0.3, -0.25) is 0 Å². The summed E-state index contributed by atoms with van der Waals surface area (Å²) in [4.78, 5) is 0. The average Bonchev–Trinajstić information content (AvgIpc) is 3.32. The van der Waals surface area contributed by atoms with E-state index in [1.54, 1.807) is 0 Å². The number of hydrogen-bond donors (Lipinski definition) is 0. The van der Waals surface area contributed by atoms with Crippen molar-refractivity contribution >= 4 is 0 Å². The monoisotopic (exact) mass is 442 g/mol. The molecule has 4 unspecified atom stereocenters. The zero-order valence-corrected chi connectivity index (χ0v) is 19.0. The molecule has 0 spiro atoms. The number of hydrogen-bond acceptors (Lipinski definition) is 4. The quantitative estimate of drug-likeness (QED) is 0.561. The van der Waals surface area contributed by atoms with Crippen LogP contribution in [0.25, 0.3) is 0 Å². The van der Waals surface area contributed by atoms with Crippen LogP contribution in [0.2, 0.25) is 0 Å². The smallest absolute Gasteiger partial charge is 0.184 e. The molecule has 0 amide bonds. The number of fused-ring (bicyclic) bond motifs is 3. The molecule has 1 saturated heterocycles. The van der Waals surface area contributed by atoms with E-state index in [2.05, 4.69) is 66.7 Å². The lowest BCUT2D eigenvalue weighted by molar-refractivity contribution is -0.164. The minimum atomic E-state index is -0.408. The second-order valence-electron chi connectivity index (χ2n) is 9.38. The minimum absolute atomic E-state index is 0.0697. The van der Waals surface area contributed by atoms with E-state index in [0.717, 1.165) is 12.0 Å². The first kappa shape index (κ1) is 21.1. The number of ether oxygens (including phenoxy) is 4. The Morgan fingerprint density at radius 3 is 1.91 bits per heavy atom. The lowest BCUT2D eigenvalue weighted by Gasteiger charge is -2.52. The first-order chi connectivity index (χ1) is 16.3. The fraction of sp³-hybridized carbons (Fsp3) is 0.379. The SMILES string of the molecule is COC1C2C(c3ccccc3)c3ccccc3CC2[C@@H](OC)[C@@H]2O[C@H](c3ccccc3)O[C@H]12. The summed E-state index contributed by atoms with van der Waals surface area (Å²) in [6.45, 7) is 0. The van der Waals surface area contributed by atoms with Crippen LogP contribution < -0.4 is 0 Å². The van der Waals surface area contributed by atoms with Crippen LogP contribution in [0.1, 0.15) is 34.5 Å². The summed E-state index contributed by atoms with van der Waals surface area (Å²) in [6.07, 6.45) is 0.00835. The Labute approximate surface area is 195 Å². The molecule has 1 saturated carbocycles. The molecule has 0 bridgehead atoms. The van der Waals surface area contributed by atoms with E-state index in [1.807, 2.05) is 32.4 Å². The van der Waals surface area contributed by atoms with Crippen molar-refractivity contribution in [3.63, 3.8) is 0 Å². The summed E-state index contributed by atoms with van der Waals surface area (Å²) in [6, 6.07) is 29.8. The van der Waals surface area contributed by atoms with Crippen molar-refractivity contribution < 1.29 is 18.9 Å². The van der Waals surface area contributed by atoms with Crippen LogP contribution in [0.3, 0.4) is 0 Å². The summed E-state index contributed by atoms with van der Waals surface area (Å²) in [5, 5.41) is 0. The predicted octanol–water partition coefficient (Wildman–Crippen LogP) is 5.13. The minimum Gasteiger partial charge on any atom is -0.378 e. The Balaban J connectivity index is 1.45. The van der Waals surface area contributed by atoms with Gasteiger partial charge in [-0.25, -0.2) is 0 Å². The molecule has 6 rings (SSSR count). The van der Waals surface area contributed by atoms with Crippen molar-refractivity contribution in [2.45, 2.75) is 43.0 Å². The molecular formula is C29H30O4. The van der Waals surface area contributed by atoms with Crippen LogP contribution in [-0.2, 0) is 25.4 Å². The molecule has 4 nitrogen and oxygen atoms in total. The van der Waals surface area contributed by atoms with Crippen LogP contribution in [0, 0.1) is 11.8 Å². The van der Waals surface area contributed by atoms with Crippen LogP contribution in [-0.4, -0.2) is 38.6 Å². The molecular weight excluding hydrogens is 412 g/mol. The van der Waals surface area contributed by atoms with Gasteiger partial charge in [-0.1, -0.05) is 84.9 Å². The van der Waals surface area contributed by atoms with Gasteiger partial charge in [0.15, 0.2) is 6.29 Å². The highest BCUT2D eigenvalue weighted by Crippen LogP contribution is 2.54. The number of methoxy groups -OCH3 is 2. The molecule has 1 aliphatic heterocycles. The molecule has 4 heteroatoms. The molecule has 8 atom stereocenters. The molecule has 0 N–H and O–H groups in total. The Bertz CT molecular complexity index is 1090. The van der Waals surface area contributed by atoms with Gasteiger partial charge in [-0.05, 0) is 29.0 Å². The van der Waals surface area contributed by atoms with Crippen molar-refractivity contribution in [1.82, 2.24) is 0 Å². The normalized spacial score (nSPS) is 34.8. The average molecular weight is 443 g/mol. The third-order valence-electron chi connectivity index (χ3n) is 7.83. The van der Waals surface area contributed by atoms with Gasteiger partial charge in [0.05, 0.1) is 12.2 Å². The third kappa shape index (κ3) is 3.44. The van der Waals surface area contributed by atoms with Gasteiger partial charge >= 0.3 is 0 Å². The zero-order valence-electron chi connectivity index (χ0n) is 19.0. The summed E-state index contributed by atoms with van der Waals surface area (Å²) >= 11 is 0. The van der Waals surface area contributed by atoms with Crippen molar-refractivity contribution in [3.05, 3.63) is 107 Å². The second-order valence-corrected chi connectivity index (χ2v) is 9.38. The maximum Gasteiger partial charge on any atom is 0.184 e. The molecule has 170 valence electrons. The second kappa shape index (κ2) is 8.69. The summed E-state index contributed by atoms with van der Waals surface area (Å²) in [5.41, 5.74) is 5.12. The van der Waals surface area contributed by atoms with Gasteiger partial charge in [0, 0.05) is 31.6 Å². The van der Waals surface area contributed by atoms with Crippen LogP contribution in [0.5, 0.6) is 0 Å². The van der Waals surface area contributed by atoms with E-state index < -0.39 is 6.29 Å². The van der Waals surface area contributed by atoms with Crippen molar-refractivity contribution in [2.24, 2.45) is 11.8 Å². The van der Waals surface area contributed by atoms with Gasteiger partial charge in [-0.15, -0.1) is 0 Å². The standard InChI is InChI=1S/C29H30O4/c1-30-25-22-17-20-15-9-10-16-21(20)23(18-11-5-3-6-12-18)24(22)26(31-2)28-27(25)32-29(33-28)19-13-7-4-8-14-19/h3-16,22-29H,17H2,1-2H3/t22?,23?,24?,25-,26?,27+,28-,29+/m1/s1. The fourth-order valence-corrected chi connectivity index (χ4v) is 6.53. The van der Waals surface area contributed by atoms with Crippen LogP contribution >= 0.6 is 0 Å². The van der Waals surface area contributed by atoms with Crippen molar-refractivity contribution in [3.8, 4) is 0 Å². The Kier molecular flexibility index (Phi) is 5.55. The first-order valence-electron chi connectivity index (χ1n) is 11.8. The van der Waals surface area contributed by atoms with E-state index in [-0.39, 0.29) is 42.2 Å². The zero-order chi connectivity index (χ0) is 22.4. The fourth-order valence-electron chi connectivity index (χ4n) is 6.53. The first-order valence-corrected chi connectivity index (χ1v) is 11.8. The predicted molar refractivity (Wildman–Crippen MR) is 126 cm³/mol. The topological polar surface area (TPSA) is 36.9 Å². The van der Waals surface area contributed by atoms with Gasteiger partial charge in [0.2, 0.25) is 0 Å². The van der Waals surface area contributed by atoms with Crippen molar-refractivity contribution in [1.29, 1.82) is 0 Å². The lowest BCUT2D eigenvalue weighted by atomic mass is 9.58. The maximum absolute atomic E-state index is 6.58.